The maximum atomic E-state index is 12.4. The molecule has 3 rings (SSSR count). The molecule has 0 saturated heterocycles. The highest BCUT2D eigenvalue weighted by molar-refractivity contribution is 5.81. The second-order valence-electron chi connectivity index (χ2n) is 8.45. The first-order valence-electron chi connectivity index (χ1n) is 11.6. The lowest BCUT2D eigenvalue weighted by Crippen LogP contribution is -2.36. The second-order valence-corrected chi connectivity index (χ2v) is 8.45. The number of ether oxygens (including phenoxy) is 3. The Morgan fingerprint density at radius 3 is 2.73 bits per heavy atom. The number of alkyl halides is 3. The smallest absolute Gasteiger partial charge is 0.471 e. The van der Waals surface area contributed by atoms with E-state index in [9.17, 15) is 43.1 Å². The minimum atomic E-state index is -5.08. The fraction of sp³-hybridized carbons (Fsp3) is 0.375. The highest BCUT2D eigenvalue weighted by Gasteiger charge is 2.38. The molecule has 0 unspecified atom stereocenters. The van der Waals surface area contributed by atoms with E-state index in [-0.39, 0.29) is 52.8 Å². The Morgan fingerprint density at radius 1 is 1.44 bits per heavy atom. The zero-order chi connectivity index (χ0) is 30.5. The number of nitro groups is 1. The molecule has 0 radical (unpaired) electrons. The molecule has 2 atom stereocenters. The number of aliphatic hydroxyl groups is 2. The number of rotatable bonds is 9. The van der Waals surface area contributed by atoms with E-state index in [4.69, 9.17) is 19.9 Å². The molecule has 0 bridgehead atoms. The summed E-state index contributed by atoms with van der Waals surface area (Å²) in [6.07, 6.45) is -5.84. The number of aliphatic hydroxyl groups excluding tert-OH is 2. The second kappa shape index (κ2) is 12.6. The van der Waals surface area contributed by atoms with Crippen LogP contribution in [0.15, 0.2) is 34.6 Å². The van der Waals surface area contributed by atoms with E-state index >= 15 is 0 Å². The predicted octanol–water partition coefficient (Wildman–Crippen LogP) is 1.73. The molecule has 1 aliphatic rings. The summed E-state index contributed by atoms with van der Waals surface area (Å²) >= 11 is 0. The summed E-state index contributed by atoms with van der Waals surface area (Å²) in [7, 11) is 1.25. The number of anilines is 1. The van der Waals surface area contributed by atoms with Gasteiger partial charge in [-0.15, -0.1) is 0 Å². The molecule has 1 aliphatic heterocycles. The van der Waals surface area contributed by atoms with Crippen LogP contribution in [0.4, 0.5) is 24.7 Å². The van der Waals surface area contributed by atoms with Crippen LogP contribution in [0.3, 0.4) is 0 Å². The van der Waals surface area contributed by atoms with Crippen molar-refractivity contribution in [1.82, 2.24) is 14.9 Å². The van der Waals surface area contributed by atoms with E-state index < -0.39 is 53.9 Å². The van der Waals surface area contributed by atoms with Crippen LogP contribution >= 0.6 is 0 Å². The summed E-state index contributed by atoms with van der Waals surface area (Å²) in [5.41, 5.74) is 4.90. The van der Waals surface area contributed by atoms with Gasteiger partial charge in [0.2, 0.25) is 0 Å². The zero-order valence-electron chi connectivity index (χ0n) is 21.5. The summed E-state index contributed by atoms with van der Waals surface area (Å²) in [6, 6.07) is 2.33. The van der Waals surface area contributed by atoms with Gasteiger partial charge in [0.1, 0.15) is 23.9 Å². The Morgan fingerprint density at radius 2 is 2.15 bits per heavy atom. The number of halogens is 3. The molecule has 2 aromatic rings. The zero-order valence-corrected chi connectivity index (χ0v) is 21.5. The van der Waals surface area contributed by atoms with Crippen molar-refractivity contribution in [1.29, 1.82) is 0 Å². The molecule has 0 aliphatic carbocycles. The van der Waals surface area contributed by atoms with Crippen LogP contribution in [-0.4, -0.2) is 57.0 Å². The van der Waals surface area contributed by atoms with Gasteiger partial charge in [-0.3, -0.25) is 19.5 Å². The molecule has 1 aromatic heterocycles. The Labute approximate surface area is 229 Å². The topological polar surface area (TPSA) is 201 Å². The van der Waals surface area contributed by atoms with Crippen LogP contribution in [0, 0.1) is 22.0 Å². The van der Waals surface area contributed by atoms with E-state index in [0.29, 0.717) is 0 Å². The predicted molar refractivity (Wildman–Crippen MR) is 133 cm³/mol. The number of hydrogen-bond donors (Lipinski definition) is 4. The van der Waals surface area contributed by atoms with E-state index in [0.717, 1.165) is 10.6 Å². The van der Waals surface area contributed by atoms with Crippen molar-refractivity contribution in [2.45, 2.75) is 38.5 Å². The van der Waals surface area contributed by atoms with Crippen molar-refractivity contribution < 1.29 is 47.3 Å². The van der Waals surface area contributed by atoms with Crippen molar-refractivity contribution in [2.75, 3.05) is 26.0 Å². The van der Waals surface area contributed by atoms with Gasteiger partial charge >= 0.3 is 17.8 Å². The summed E-state index contributed by atoms with van der Waals surface area (Å²) in [5.74, 6) is 2.09. The third-order valence-corrected chi connectivity index (χ3v) is 5.77. The van der Waals surface area contributed by atoms with Gasteiger partial charge in [-0.25, -0.2) is 4.79 Å². The van der Waals surface area contributed by atoms with Crippen LogP contribution in [0.25, 0.3) is 0 Å². The van der Waals surface area contributed by atoms with Crippen molar-refractivity contribution >= 4 is 17.4 Å². The van der Waals surface area contributed by atoms with Crippen LogP contribution < -0.4 is 21.5 Å². The number of aromatic nitrogens is 2. The number of carbonyl (C=O) groups excluding carboxylic acids is 1. The average molecular weight is 583 g/mol. The van der Waals surface area contributed by atoms with Crippen molar-refractivity contribution in [3.05, 3.63) is 67.1 Å². The van der Waals surface area contributed by atoms with E-state index in [1.807, 2.05) is 0 Å². The Hall–Kier alpha value is -4.82. The Bertz CT molecular complexity index is 1490. The fourth-order valence-corrected chi connectivity index (χ4v) is 3.68. The third-order valence-electron chi connectivity index (χ3n) is 5.77. The minimum absolute atomic E-state index is 0.0207. The number of hydrogen-bond acceptors (Lipinski definition) is 11. The molecule has 5 N–H and O–H groups in total. The lowest BCUT2D eigenvalue weighted by Gasteiger charge is -2.18. The Balaban J connectivity index is 1.81. The summed E-state index contributed by atoms with van der Waals surface area (Å²) < 4.78 is 54.3. The lowest BCUT2D eigenvalue weighted by molar-refractivity contribution is -0.386. The van der Waals surface area contributed by atoms with Gasteiger partial charge in [0.25, 0.3) is 5.69 Å². The average Bonchev–Trinajstić information content (AvgIpc) is 3.29. The summed E-state index contributed by atoms with van der Waals surface area (Å²) in [5, 5.41) is 32.5. The van der Waals surface area contributed by atoms with Gasteiger partial charge in [-0.05, 0) is 13.0 Å². The fourth-order valence-electron chi connectivity index (χ4n) is 3.68. The molecule has 0 fully saturated rings. The van der Waals surface area contributed by atoms with E-state index in [1.54, 1.807) is 5.32 Å². The van der Waals surface area contributed by atoms with Gasteiger partial charge in [0, 0.05) is 17.8 Å². The maximum Gasteiger partial charge on any atom is 0.471 e. The molecular formula is C24H24F3N5O9. The number of nitrogens with one attached hydrogen (secondary N) is 1. The first-order valence-corrected chi connectivity index (χ1v) is 11.6. The summed E-state index contributed by atoms with van der Waals surface area (Å²) in [4.78, 5) is 38.1. The molecule has 41 heavy (non-hydrogen) atoms. The lowest BCUT2D eigenvalue weighted by atomic mass is 10.0. The van der Waals surface area contributed by atoms with Crippen molar-refractivity contribution in [3.63, 3.8) is 0 Å². The number of nitrogens with zero attached hydrogens (tertiary/aromatic N) is 3. The number of nitro benzene ring substituents is 1. The third kappa shape index (κ3) is 7.23. The molecule has 220 valence electrons. The molecule has 1 aromatic carbocycles. The molecule has 0 saturated carbocycles. The van der Waals surface area contributed by atoms with Gasteiger partial charge in [0.05, 0.1) is 48.8 Å². The molecule has 14 nitrogen and oxygen atoms in total. The van der Waals surface area contributed by atoms with Gasteiger partial charge in [0.15, 0.2) is 12.0 Å². The highest BCUT2D eigenvalue weighted by atomic mass is 19.4. The van der Waals surface area contributed by atoms with Crippen LogP contribution in [0.5, 0.6) is 5.75 Å². The standard InChI is InChI=1S/C24H24F3N5O9/c1-12(40-11-14-9-31(23(36)30-21(14)28)20-8-17(34)19(10-33)41-20)15-7-18(39-2)13(6-16(15)32(37)38)4-3-5-29-22(35)24(25,26)27/h6-7,9,12,20,33-34H,5,8,10-11H2,1-2H3,(H,29,35)(H2,28,30,36)/t12-,20+/m0/s1. The van der Waals surface area contributed by atoms with Gasteiger partial charge in [-0.1, -0.05) is 11.8 Å². The quantitative estimate of drug-likeness (QED) is 0.190. The van der Waals surface area contributed by atoms with E-state index in [2.05, 4.69) is 16.8 Å². The van der Waals surface area contributed by atoms with Crippen LogP contribution in [-0.2, 0) is 20.9 Å². The molecule has 2 heterocycles. The van der Waals surface area contributed by atoms with Crippen molar-refractivity contribution in [2.24, 2.45) is 0 Å². The number of benzene rings is 1. The molecule has 1 amide bonds. The minimum Gasteiger partial charge on any atom is -0.508 e. The first kappa shape index (κ1) is 30.7. The van der Waals surface area contributed by atoms with Crippen molar-refractivity contribution in [3.8, 4) is 17.6 Å². The van der Waals surface area contributed by atoms with Gasteiger partial charge in [-0.2, -0.15) is 18.2 Å². The number of nitrogens with two attached hydrogens (primary N) is 1. The number of amides is 1. The summed E-state index contributed by atoms with van der Waals surface area (Å²) in [6.45, 7) is -0.0144. The number of carbonyl (C=O) groups is 1. The SMILES string of the molecule is COc1cc([C@H](C)OCc2cn([C@H]3CC(O)=C(CO)O3)c(=O)nc2N)c([N+](=O)[O-])cc1C#CCNC(=O)C(F)(F)F. The normalized spacial score (nSPS) is 15.5. The largest absolute Gasteiger partial charge is 0.508 e. The van der Waals surface area contributed by atoms with E-state index in [1.165, 1.54) is 26.3 Å². The number of methoxy groups -OCH3 is 1. The highest BCUT2D eigenvalue weighted by Crippen LogP contribution is 2.35. The monoisotopic (exact) mass is 583 g/mol. The molecule has 0 spiro atoms. The molecule has 17 heteroatoms. The maximum absolute atomic E-state index is 12.4. The van der Waals surface area contributed by atoms with Crippen LogP contribution in [0.2, 0.25) is 0 Å². The van der Waals surface area contributed by atoms with Gasteiger partial charge < -0.3 is 35.5 Å². The molecular weight excluding hydrogens is 559 g/mol. The number of nitrogen functional groups attached to an aromatic ring is 1. The first-order chi connectivity index (χ1) is 19.3. The Kier molecular flexibility index (Phi) is 9.42. The van der Waals surface area contributed by atoms with Crippen LogP contribution in [0.1, 0.15) is 42.4 Å².